The van der Waals surface area contributed by atoms with Gasteiger partial charge in [0.25, 0.3) is 11.3 Å². The summed E-state index contributed by atoms with van der Waals surface area (Å²) in [4.78, 5) is 27.0. The van der Waals surface area contributed by atoms with Crippen molar-refractivity contribution in [1.29, 1.82) is 0 Å². The summed E-state index contributed by atoms with van der Waals surface area (Å²) in [6, 6.07) is 7.75. The minimum atomic E-state index is -0.421. The first-order valence-electron chi connectivity index (χ1n) is 8.65. The highest BCUT2D eigenvalue weighted by Crippen LogP contribution is 2.19. The topological polar surface area (TPSA) is 105 Å². The Morgan fingerprint density at radius 2 is 1.93 bits per heavy atom. The number of amides is 1. The van der Waals surface area contributed by atoms with Crippen LogP contribution in [-0.4, -0.2) is 36.5 Å². The third-order valence-electron chi connectivity index (χ3n) is 3.94. The second-order valence-corrected chi connectivity index (χ2v) is 8.10. The number of aromatic nitrogens is 5. The van der Waals surface area contributed by atoms with E-state index in [4.69, 9.17) is 0 Å². The number of carbonyl (C=O) groups excluding carboxylic acids is 1. The fourth-order valence-corrected chi connectivity index (χ4v) is 3.15. The van der Waals surface area contributed by atoms with Crippen LogP contribution < -0.4 is 10.9 Å². The lowest BCUT2D eigenvalue weighted by Crippen LogP contribution is -2.28. The largest absolute Gasteiger partial charge is 0.325 e. The van der Waals surface area contributed by atoms with Gasteiger partial charge in [-0.05, 0) is 24.1 Å². The van der Waals surface area contributed by atoms with Crippen molar-refractivity contribution in [2.75, 3.05) is 11.1 Å². The minimum Gasteiger partial charge on any atom is -0.325 e. The van der Waals surface area contributed by atoms with E-state index in [0.717, 1.165) is 12.1 Å². The molecule has 0 bridgehead atoms. The second-order valence-electron chi connectivity index (χ2n) is 7.16. The first kappa shape index (κ1) is 19.1. The highest BCUT2D eigenvalue weighted by atomic mass is 32.2. The molecule has 3 aromatic rings. The van der Waals surface area contributed by atoms with Crippen LogP contribution in [0.2, 0.25) is 0 Å². The molecule has 0 aliphatic carbocycles. The van der Waals surface area contributed by atoms with Crippen LogP contribution in [0.1, 0.15) is 39.0 Å². The van der Waals surface area contributed by atoms with Gasteiger partial charge in [-0.1, -0.05) is 51.6 Å². The Labute approximate surface area is 160 Å². The quantitative estimate of drug-likeness (QED) is 0.653. The van der Waals surface area contributed by atoms with Gasteiger partial charge in [0.2, 0.25) is 11.1 Å². The average Bonchev–Trinajstić information content (AvgIpc) is 3.01. The SMILES string of the molecule is CCc1ccc(NC(=O)CSc2nnc3[nH]c(=O)c(C(C)(C)C)nn23)cc1. The van der Waals surface area contributed by atoms with E-state index in [1.807, 2.05) is 45.0 Å². The van der Waals surface area contributed by atoms with Crippen molar-refractivity contribution < 1.29 is 4.79 Å². The van der Waals surface area contributed by atoms with Gasteiger partial charge in [0.05, 0.1) is 5.75 Å². The summed E-state index contributed by atoms with van der Waals surface area (Å²) >= 11 is 1.21. The van der Waals surface area contributed by atoms with Crippen molar-refractivity contribution in [3.63, 3.8) is 0 Å². The van der Waals surface area contributed by atoms with Crippen molar-refractivity contribution in [3.8, 4) is 0 Å². The Balaban J connectivity index is 1.72. The number of nitrogens with zero attached hydrogens (tertiary/aromatic N) is 4. The third kappa shape index (κ3) is 4.36. The molecule has 142 valence electrons. The molecule has 0 atom stereocenters. The fraction of sp³-hybridized carbons (Fsp3) is 0.389. The van der Waals surface area contributed by atoms with Crippen LogP contribution in [0.15, 0.2) is 34.2 Å². The van der Waals surface area contributed by atoms with E-state index in [0.29, 0.717) is 10.9 Å². The molecule has 0 saturated heterocycles. The zero-order valence-electron chi connectivity index (χ0n) is 15.7. The number of hydrogen-bond donors (Lipinski definition) is 2. The van der Waals surface area contributed by atoms with E-state index < -0.39 is 5.41 Å². The van der Waals surface area contributed by atoms with Gasteiger partial charge >= 0.3 is 0 Å². The molecular weight excluding hydrogens is 364 g/mol. The zero-order valence-corrected chi connectivity index (χ0v) is 16.6. The predicted molar refractivity (Wildman–Crippen MR) is 105 cm³/mol. The molecule has 0 unspecified atom stereocenters. The summed E-state index contributed by atoms with van der Waals surface area (Å²) in [5, 5.41) is 15.6. The van der Waals surface area contributed by atoms with Crippen molar-refractivity contribution in [2.45, 2.75) is 44.7 Å². The molecule has 2 heterocycles. The van der Waals surface area contributed by atoms with Gasteiger partial charge < -0.3 is 5.32 Å². The number of fused-ring (bicyclic) bond motifs is 1. The molecule has 1 amide bonds. The lowest BCUT2D eigenvalue weighted by molar-refractivity contribution is -0.113. The molecule has 27 heavy (non-hydrogen) atoms. The number of carbonyl (C=O) groups is 1. The highest BCUT2D eigenvalue weighted by molar-refractivity contribution is 7.99. The van der Waals surface area contributed by atoms with Crippen LogP contribution in [0.4, 0.5) is 5.69 Å². The maximum Gasteiger partial charge on any atom is 0.274 e. The van der Waals surface area contributed by atoms with E-state index in [2.05, 4.69) is 32.5 Å². The predicted octanol–water partition coefficient (Wildman–Crippen LogP) is 2.40. The molecule has 9 heteroatoms. The van der Waals surface area contributed by atoms with Gasteiger partial charge in [0, 0.05) is 11.1 Å². The van der Waals surface area contributed by atoms with E-state index in [1.54, 1.807) is 0 Å². The molecule has 2 aromatic heterocycles. The third-order valence-corrected chi connectivity index (χ3v) is 4.86. The Bertz CT molecular complexity index is 1020. The molecule has 0 saturated carbocycles. The van der Waals surface area contributed by atoms with Crippen LogP contribution in [0.25, 0.3) is 5.78 Å². The molecule has 0 radical (unpaired) electrons. The zero-order chi connectivity index (χ0) is 19.6. The van der Waals surface area contributed by atoms with Crippen molar-refractivity contribution in [3.05, 3.63) is 45.9 Å². The Morgan fingerprint density at radius 3 is 2.56 bits per heavy atom. The van der Waals surface area contributed by atoms with E-state index in [1.165, 1.54) is 21.8 Å². The van der Waals surface area contributed by atoms with Crippen LogP contribution >= 0.6 is 11.8 Å². The number of anilines is 1. The first-order valence-corrected chi connectivity index (χ1v) is 9.64. The first-order chi connectivity index (χ1) is 12.8. The highest BCUT2D eigenvalue weighted by Gasteiger charge is 2.22. The molecular formula is C18H22N6O2S. The number of nitrogens with one attached hydrogen (secondary N) is 2. The van der Waals surface area contributed by atoms with Gasteiger partial charge in [-0.25, -0.2) is 0 Å². The van der Waals surface area contributed by atoms with Gasteiger partial charge in [0.15, 0.2) is 0 Å². The van der Waals surface area contributed by atoms with E-state index in [-0.39, 0.29) is 23.0 Å². The Hall–Kier alpha value is -2.68. The summed E-state index contributed by atoms with van der Waals surface area (Å²) in [6.07, 6.45) is 0.954. The normalized spacial score (nSPS) is 11.7. The lowest BCUT2D eigenvalue weighted by atomic mass is 9.93. The molecule has 0 fully saturated rings. The average molecular weight is 386 g/mol. The molecule has 2 N–H and O–H groups in total. The van der Waals surface area contributed by atoms with Crippen LogP contribution in [0, 0.1) is 0 Å². The smallest absolute Gasteiger partial charge is 0.274 e. The van der Waals surface area contributed by atoms with Crippen molar-refractivity contribution >= 4 is 29.1 Å². The van der Waals surface area contributed by atoms with Crippen molar-refractivity contribution in [1.82, 2.24) is 24.8 Å². The summed E-state index contributed by atoms with van der Waals surface area (Å²) in [5.41, 5.74) is 1.65. The molecule has 0 spiro atoms. The summed E-state index contributed by atoms with van der Waals surface area (Å²) in [6.45, 7) is 7.81. The maximum atomic E-state index is 12.2. The molecule has 1 aromatic carbocycles. The lowest BCUT2D eigenvalue weighted by Gasteiger charge is -2.15. The number of rotatable bonds is 5. The molecule has 0 aliphatic heterocycles. The van der Waals surface area contributed by atoms with E-state index in [9.17, 15) is 9.59 Å². The van der Waals surface area contributed by atoms with Crippen LogP contribution in [0.5, 0.6) is 0 Å². The Kier molecular flexibility index (Phi) is 5.31. The van der Waals surface area contributed by atoms with E-state index >= 15 is 0 Å². The monoisotopic (exact) mass is 386 g/mol. The van der Waals surface area contributed by atoms with Gasteiger partial charge in [-0.15, -0.1) is 10.2 Å². The van der Waals surface area contributed by atoms with Crippen LogP contribution in [-0.2, 0) is 16.6 Å². The minimum absolute atomic E-state index is 0.151. The number of thioether (sulfide) groups is 1. The van der Waals surface area contributed by atoms with Gasteiger partial charge in [0.1, 0.15) is 5.69 Å². The summed E-state index contributed by atoms with van der Waals surface area (Å²) in [5.74, 6) is 0.259. The number of aromatic amines is 1. The number of aryl methyl sites for hydroxylation is 1. The maximum absolute atomic E-state index is 12.2. The number of benzene rings is 1. The summed E-state index contributed by atoms with van der Waals surface area (Å²) in [7, 11) is 0. The number of H-pyrrole nitrogens is 1. The standard InChI is InChI=1S/C18H22N6O2S/c1-5-11-6-8-12(9-7-11)19-13(25)10-27-17-22-21-16-20-15(26)14(18(2,3)4)23-24(16)17/h6-9H,5,10H2,1-4H3,(H,19,25)(H,20,21,26). The Morgan fingerprint density at radius 1 is 1.22 bits per heavy atom. The molecule has 0 aliphatic rings. The second kappa shape index (κ2) is 7.51. The van der Waals surface area contributed by atoms with Crippen molar-refractivity contribution in [2.24, 2.45) is 0 Å². The molecule has 8 nitrogen and oxygen atoms in total. The fourth-order valence-electron chi connectivity index (χ4n) is 2.47. The van der Waals surface area contributed by atoms with Gasteiger partial charge in [-0.3, -0.25) is 14.6 Å². The van der Waals surface area contributed by atoms with Crippen LogP contribution in [0.3, 0.4) is 0 Å². The number of hydrogen-bond acceptors (Lipinski definition) is 6. The molecule has 3 rings (SSSR count). The summed E-state index contributed by atoms with van der Waals surface area (Å²) < 4.78 is 1.47. The van der Waals surface area contributed by atoms with Gasteiger partial charge in [-0.2, -0.15) is 9.61 Å².